The summed E-state index contributed by atoms with van der Waals surface area (Å²) in [6, 6.07) is 13.3. The average Bonchev–Trinajstić information content (AvgIpc) is 2.40. The monoisotopic (exact) mass is 319 g/mol. The number of rotatable bonds is 4. The van der Waals surface area contributed by atoms with Crippen LogP contribution in [0.15, 0.2) is 46.9 Å². The Kier molecular flexibility index (Phi) is 4.22. The molecule has 0 aliphatic heterocycles. The Morgan fingerprint density at radius 2 is 1.79 bits per heavy atom. The SMILES string of the molecule is CCOc1ccc(-c2ccc(Br)c(C(N)=O)c2)cc1. The predicted molar refractivity (Wildman–Crippen MR) is 79.3 cm³/mol. The molecule has 0 spiro atoms. The Hall–Kier alpha value is -1.81. The van der Waals surface area contributed by atoms with Crippen molar-refractivity contribution in [3.8, 4) is 16.9 Å². The molecule has 1 amide bonds. The molecular weight excluding hydrogens is 306 g/mol. The fourth-order valence-corrected chi connectivity index (χ4v) is 2.25. The van der Waals surface area contributed by atoms with Crippen molar-refractivity contribution < 1.29 is 9.53 Å². The van der Waals surface area contributed by atoms with Crippen LogP contribution in [0.5, 0.6) is 5.75 Å². The molecule has 4 heteroatoms. The van der Waals surface area contributed by atoms with Gasteiger partial charge in [-0.15, -0.1) is 0 Å². The van der Waals surface area contributed by atoms with Gasteiger partial charge in [-0.05, 0) is 58.2 Å². The number of hydrogen-bond acceptors (Lipinski definition) is 2. The Morgan fingerprint density at radius 1 is 1.16 bits per heavy atom. The molecule has 0 aliphatic rings. The molecule has 0 aliphatic carbocycles. The number of carbonyl (C=O) groups excluding carboxylic acids is 1. The zero-order chi connectivity index (χ0) is 13.8. The van der Waals surface area contributed by atoms with E-state index in [1.807, 2.05) is 43.3 Å². The molecule has 0 heterocycles. The van der Waals surface area contributed by atoms with E-state index in [-0.39, 0.29) is 0 Å². The molecule has 0 atom stereocenters. The number of nitrogens with two attached hydrogens (primary N) is 1. The third-order valence-electron chi connectivity index (χ3n) is 2.73. The Bertz CT molecular complexity index is 594. The second-order valence-corrected chi connectivity index (χ2v) is 4.87. The van der Waals surface area contributed by atoms with E-state index < -0.39 is 5.91 Å². The molecule has 3 nitrogen and oxygen atoms in total. The first-order chi connectivity index (χ1) is 9.11. The molecule has 2 rings (SSSR count). The van der Waals surface area contributed by atoms with Crippen molar-refractivity contribution in [2.75, 3.05) is 6.61 Å². The fraction of sp³-hybridized carbons (Fsp3) is 0.133. The van der Waals surface area contributed by atoms with Crippen LogP contribution in [0.1, 0.15) is 17.3 Å². The minimum Gasteiger partial charge on any atom is -0.494 e. The molecule has 0 bridgehead atoms. The molecule has 2 N–H and O–H groups in total. The van der Waals surface area contributed by atoms with Gasteiger partial charge >= 0.3 is 0 Å². The summed E-state index contributed by atoms with van der Waals surface area (Å²) < 4.78 is 6.10. The molecule has 98 valence electrons. The van der Waals surface area contributed by atoms with Crippen LogP contribution in [0.25, 0.3) is 11.1 Å². The van der Waals surface area contributed by atoms with Crippen molar-refractivity contribution >= 4 is 21.8 Å². The van der Waals surface area contributed by atoms with Crippen molar-refractivity contribution in [3.05, 3.63) is 52.5 Å². The first-order valence-electron chi connectivity index (χ1n) is 5.94. The van der Waals surface area contributed by atoms with Gasteiger partial charge in [0.15, 0.2) is 0 Å². The van der Waals surface area contributed by atoms with Crippen LogP contribution in [0.2, 0.25) is 0 Å². The van der Waals surface area contributed by atoms with Gasteiger partial charge in [0.25, 0.3) is 0 Å². The van der Waals surface area contributed by atoms with Crippen LogP contribution in [0.3, 0.4) is 0 Å². The number of carbonyl (C=O) groups is 1. The van der Waals surface area contributed by atoms with E-state index >= 15 is 0 Å². The number of hydrogen-bond donors (Lipinski definition) is 1. The summed E-state index contributed by atoms with van der Waals surface area (Å²) in [4.78, 5) is 11.3. The van der Waals surface area contributed by atoms with Crippen LogP contribution in [-0.4, -0.2) is 12.5 Å². The van der Waals surface area contributed by atoms with Gasteiger partial charge in [0.2, 0.25) is 5.91 Å². The van der Waals surface area contributed by atoms with Gasteiger partial charge in [-0.1, -0.05) is 18.2 Å². The van der Waals surface area contributed by atoms with Crippen LogP contribution in [0.4, 0.5) is 0 Å². The molecule has 0 radical (unpaired) electrons. The van der Waals surface area contributed by atoms with Gasteiger partial charge in [-0.2, -0.15) is 0 Å². The fourth-order valence-electron chi connectivity index (χ4n) is 1.80. The molecule has 2 aromatic carbocycles. The lowest BCUT2D eigenvalue weighted by Crippen LogP contribution is -2.11. The highest BCUT2D eigenvalue weighted by Gasteiger charge is 2.08. The van der Waals surface area contributed by atoms with Gasteiger partial charge in [0.1, 0.15) is 5.75 Å². The van der Waals surface area contributed by atoms with Crippen molar-refractivity contribution in [1.82, 2.24) is 0 Å². The smallest absolute Gasteiger partial charge is 0.249 e. The largest absolute Gasteiger partial charge is 0.494 e. The maximum atomic E-state index is 11.3. The van der Waals surface area contributed by atoms with Crippen molar-refractivity contribution in [1.29, 1.82) is 0 Å². The Morgan fingerprint density at radius 3 is 2.37 bits per heavy atom. The number of primary amides is 1. The molecule has 0 aromatic heterocycles. The Balaban J connectivity index is 2.36. The summed E-state index contributed by atoms with van der Waals surface area (Å²) in [5.74, 6) is 0.387. The van der Waals surface area contributed by atoms with Gasteiger partial charge < -0.3 is 10.5 Å². The van der Waals surface area contributed by atoms with E-state index in [4.69, 9.17) is 10.5 Å². The summed E-state index contributed by atoms with van der Waals surface area (Å²) in [5, 5.41) is 0. The zero-order valence-corrected chi connectivity index (χ0v) is 12.1. The Labute approximate surface area is 120 Å². The summed E-state index contributed by atoms with van der Waals surface area (Å²) in [6.07, 6.45) is 0. The first-order valence-corrected chi connectivity index (χ1v) is 6.73. The maximum Gasteiger partial charge on any atom is 0.249 e. The van der Waals surface area contributed by atoms with E-state index in [0.717, 1.165) is 16.9 Å². The van der Waals surface area contributed by atoms with Crippen LogP contribution in [0, 0.1) is 0 Å². The van der Waals surface area contributed by atoms with E-state index in [0.29, 0.717) is 16.6 Å². The van der Waals surface area contributed by atoms with Crippen LogP contribution >= 0.6 is 15.9 Å². The second kappa shape index (κ2) is 5.89. The minimum absolute atomic E-state index is 0.445. The lowest BCUT2D eigenvalue weighted by atomic mass is 10.0. The summed E-state index contributed by atoms with van der Waals surface area (Å²) in [5.41, 5.74) is 7.77. The molecule has 2 aromatic rings. The van der Waals surface area contributed by atoms with Crippen molar-refractivity contribution in [2.24, 2.45) is 5.73 Å². The van der Waals surface area contributed by atoms with Crippen LogP contribution < -0.4 is 10.5 Å². The lowest BCUT2D eigenvalue weighted by Gasteiger charge is -2.07. The van der Waals surface area contributed by atoms with Gasteiger partial charge in [0, 0.05) is 4.47 Å². The summed E-state index contributed by atoms with van der Waals surface area (Å²) in [7, 11) is 0. The maximum absolute atomic E-state index is 11.3. The number of benzene rings is 2. The van der Waals surface area contributed by atoms with Gasteiger partial charge in [-0.3, -0.25) is 4.79 Å². The topological polar surface area (TPSA) is 52.3 Å². The first kappa shape index (κ1) is 13.6. The number of amides is 1. The van der Waals surface area contributed by atoms with E-state index in [1.54, 1.807) is 6.07 Å². The highest BCUT2D eigenvalue weighted by atomic mass is 79.9. The van der Waals surface area contributed by atoms with E-state index in [1.165, 1.54) is 0 Å². The van der Waals surface area contributed by atoms with Crippen molar-refractivity contribution in [2.45, 2.75) is 6.92 Å². The van der Waals surface area contributed by atoms with E-state index in [9.17, 15) is 4.79 Å². The van der Waals surface area contributed by atoms with E-state index in [2.05, 4.69) is 15.9 Å². The average molecular weight is 320 g/mol. The van der Waals surface area contributed by atoms with Gasteiger partial charge in [-0.25, -0.2) is 0 Å². The molecular formula is C15H14BrNO2. The quantitative estimate of drug-likeness (QED) is 0.935. The van der Waals surface area contributed by atoms with Crippen molar-refractivity contribution in [3.63, 3.8) is 0 Å². The van der Waals surface area contributed by atoms with Gasteiger partial charge in [0.05, 0.1) is 12.2 Å². The number of ether oxygens (including phenoxy) is 1. The second-order valence-electron chi connectivity index (χ2n) is 4.02. The predicted octanol–water partition coefficient (Wildman–Crippen LogP) is 3.61. The van der Waals surface area contributed by atoms with Crippen LogP contribution in [-0.2, 0) is 0 Å². The zero-order valence-electron chi connectivity index (χ0n) is 10.5. The lowest BCUT2D eigenvalue weighted by molar-refractivity contribution is 0.0999. The normalized spacial score (nSPS) is 10.2. The summed E-state index contributed by atoms with van der Waals surface area (Å²) >= 11 is 3.31. The summed E-state index contributed by atoms with van der Waals surface area (Å²) in [6.45, 7) is 2.59. The standard InChI is InChI=1S/C15H14BrNO2/c1-2-19-12-6-3-10(4-7-12)11-5-8-14(16)13(9-11)15(17)18/h3-9H,2H2,1H3,(H2,17,18). The molecule has 0 saturated carbocycles. The molecule has 0 fully saturated rings. The highest BCUT2D eigenvalue weighted by Crippen LogP contribution is 2.26. The molecule has 19 heavy (non-hydrogen) atoms. The minimum atomic E-state index is -0.445. The number of halogens is 1. The highest BCUT2D eigenvalue weighted by molar-refractivity contribution is 9.10. The molecule has 0 saturated heterocycles. The third kappa shape index (κ3) is 3.15. The third-order valence-corrected chi connectivity index (χ3v) is 3.42. The molecule has 0 unspecified atom stereocenters.